The average molecular weight is 515 g/mol. The van der Waals surface area contributed by atoms with Crippen molar-refractivity contribution in [2.45, 2.75) is 45.4 Å². The molecule has 37 heavy (non-hydrogen) atoms. The minimum Gasteiger partial charge on any atom is -0.507 e. The van der Waals surface area contributed by atoms with Gasteiger partial charge in [-0.25, -0.2) is 8.42 Å². The van der Waals surface area contributed by atoms with E-state index in [2.05, 4.69) is 62.4 Å². The van der Waals surface area contributed by atoms with Gasteiger partial charge in [0.15, 0.2) is 9.84 Å². The molecule has 0 unspecified atom stereocenters. The number of methoxy groups -OCH3 is 1. The van der Waals surface area contributed by atoms with Crippen molar-refractivity contribution in [3.05, 3.63) is 94.1 Å². The molecule has 192 valence electrons. The third-order valence-electron chi connectivity index (χ3n) is 7.03. The molecule has 0 saturated carbocycles. The Kier molecular flexibility index (Phi) is 7.47. The zero-order chi connectivity index (χ0) is 26.9. The molecule has 1 aliphatic rings. The van der Waals surface area contributed by atoms with Crippen LogP contribution in [0.2, 0.25) is 0 Å². The van der Waals surface area contributed by atoms with Crippen molar-refractivity contribution in [2.24, 2.45) is 0 Å². The van der Waals surface area contributed by atoms with Crippen molar-refractivity contribution >= 4 is 26.7 Å². The number of fused-ring (bicyclic) bond motifs is 2. The topological polar surface area (TPSA) is 63.6 Å². The maximum Gasteiger partial charge on any atom is 0.175 e. The molecule has 0 atom stereocenters. The number of hydrogen-bond donors (Lipinski definition) is 1. The van der Waals surface area contributed by atoms with Crippen LogP contribution in [0.1, 0.15) is 39.8 Å². The molecule has 0 heterocycles. The van der Waals surface area contributed by atoms with Crippen molar-refractivity contribution < 1.29 is 18.3 Å². The lowest BCUT2D eigenvalue weighted by Gasteiger charge is -2.20. The highest BCUT2D eigenvalue weighted by Gasteiger charge is 2.18. The number of aromatic hydroxyl groups is 1. The molecule has 0 aromatic heterocycles. The smallest absolute Gasteiger partial charge is 0.175 e. The molecule has 4 aromatic rings. The van der Waals surface area contributed by atoms with Crippen LogP contribution in [0.4, 0.5) is 0 Å². The molecule has 0 radical (unpaired) electrons. The van der Waals surface area contributed by atoms with Gasteiger partial charge in [0.25, 0.3) is 0 Å². The van der Waals surface area contributed by atoms with Gasteiger partial charge in [-0.1, -0.05) is 48.6 Å². The summed E-state index contributed by atoms with van der Waals surface area (Å²) >= 11 is 0. The predicted octanol–water partition coefficient (Wildman–Crippen LogP) is 7.50. The Morgan fingerprint density at radius 3 is 2.14 bits per heavy atom. The summed E-state index contributed by atoms with van der Waals surface area (Å²) in [5.74, 6) is 1.12. The number of allylic oxidation sites excluding steroid dienone is 1. The summed E-state index contributed by atoms with van der Waals surface area (Å²) in [6.45, 7) is 7.97. The summed E-state index contributed by atoms with van der Waals surface area (Å²) in [6.07, 6.45) is 7.69. The first kappa shape index (κ1) is 26.5. The highest BCUT2D eigenvalue weighted by Crippen LogP contribution is 2.41. The molecule has 1 aliphatic carbocycles. The molecule has 5 rings (SSSR count). The Morgan fingerprint density at radius 2 is 1.51 bits per heavy atom. The fourth-order valence-electron chi connectivity index (χ4n) is 5.19. The standard InChI is InChI=1S/C22H20O.C10H14O3S/c1-14-13-20(15(2)18-9-6-5-8-17(14)18)22-19-10-4-3-7-16(19)11-12-21(22)23;1-7-5-9(14(4,11)12)6-8(2)10(7)13-3/h4-6,8-13,23H,3,7H2,1-2H3;5-6H,1-4H3. The SMILES string of the molecule is COc1c(C)cc(S(C)(=O)=O)cc1C.Cc1cc(-c2c(O)ccc3c2C=CCC3)c(C)c2ccccc12. The van der Waals surface area contributed by atoms with Crippen LogP contribution in [0, 0.1) is 27.7 Å². The molecule has 5 heteroatoms. The zero-order valence-corrected chi connectivity index (χ0v) is 23.2. The van der Waals surface area contributed by atoms with E-state index < -0.39 is 9.84 Å². The number of benzene rings is 4. The van der Waals surface area contributed by atoms with Gasteiger partial charge in [-0.3, -0.25) is 0 Å². The summed E-state index contributed by atoms with van der Waals surface area (Å²) in [6, 6.07) is 17.9. The molecule has 0 spiro atoms. The van der Waals surface area contributed by atoms with E-state index >= 15 is 0 Å². The van der Waals surface area contributed by atoms with E-state index in [-0.39, 0.29) is 0 Å². The Hall–Kier alpha value is -3.57. The lowest BCUT2D eigenvalue weighted by molar-refractivity contribution is 0.408. The second kappa shape index (κ2) is 10.4. The summed E-state index contributed by atoms with van der Waals surface area (Å²) in [5, 5.41) is 13.1. The van der Waals surface area contributed by atoms with Crippen molar-refractivity contribution in [3.8, 4) is 22.6 Å². The number of phenolic OH excluding ortho intramolecular Hbond substituents is 1. The molecule has 0 bridgehead atoms. The van der Waals surface area contributed by atoms with Crippen LogP contribution in [-0.4, -0.2) is 26.9 Å². The van der Waals surface area contributed by atoms with Crippen LogP contribution in [0.5, 0.6) is 11.5 Å². The molecule has 4 aromatic carbocycles. The van der Waals surface area contributed by atoms with E-state index in [1.165, 1.54) is 39.3 Å². The number of sulfone groups is 1. The first-order chi connectivity index (χ1) is 17.5. The maximum absolute atomic E-state index is 11.3. The van der Waals surface area contributed by atoms with Gasteiger partial charge in [-0.2, -0.15) is 0 Å². The number of hydrogen-bond acceptors (Lipinski definition) is 4. The van der Waals surface area contributed by atoms with Gasteiger partial charge in [0.2, 0.25) is 0 Å². The fourth-order valence-corrected chi connectivity index (χ4v) is 5.97. The fraction of sp³-hybridized carbons (Fsp3) is 0.250. The Balaban J connectivity index is 0.000000197. The number of aryl methyl sites for hydroxylation is 5. The average Bonchev–Trinajstić information content (AvgIpc) is 2.86. The minimum atomic E-state index is -3.13. The highest BCUT2D eigenvalue weighted by molar-refractivity contribution is 7.90. The molecule has 0 aliphatic heterocycles. The lowest BCUT2D eigenvalue weighted by Crippen LogP contribution is -2.00. The van der Waals surface area contributed by atoms with E-state index in [4.69, 9.17) is 4.74 Å². The van der Waals surface area contributed by atoms with E-state index in [9.17, 15) is 13.5 Å². The number of ether oxygens (including phenoxy) is 1. The van der Waals surface area contributed by atoms with Gasteiger partial charge in [-0.05, 0) is 108 Å². The third-order valence-corrected chi connectivity index (χ3v) is 8.13. The summed E-state index contributed by atoms with van der Waals surface area (Å²) in [5.41, 5.74) is 8.78. The quantitative estimate of drug-likeness (QED) is 0.307. The molecule has 1 N–H and O–H groups in total. The molecule has 0 saturated heterocycles. The Bertz CT molecular complexity index is 1610. The minimum absolute atomic E-state index is 0.341. The van der Waals surface area contributed by atoms with Gasteiger partial charge < -0.3 is 9.84 Å². The zero-order valence-electron chi connectivity index (χ0n) is 22.3. The first-order valence-corrected chi connectivity index (χ1v) is 14.3. The predicted molar refractivity (Wildman–Crippen MR) is 153 cm³/mol. The highest BCUT2D eigenvalue weighted by atomic mass is 32.2. The van der Waals surface area contributed by atoms with Crippen LogP contribution in [-0.2, 0) is 16.3 Å². The maximum atomic E-state index is 11.3. The number of phenols is 1. The monoisotopic (exact) mass is 514 g/mol. The van der Waals surface area contributed by atoms with Crippen LogP contribution >= 0.6 is 0 Å². The van der Waals surface area contributed by atoms with Gasteiger partial charge in [0.1, 0.15) is 11.5 Å². The molecule has 0 fully saturated rings. The van der Waals surface area contributed by atoms with E-state index in [0.717, 1.165) is 40.8 Å². The largest absolute Gasteiger partial charge is 0.507 e. The van der Waals surface area contributed by atoms with Crippen LogP contribution < -0.4 is 4.74 Å². The van der Waals surface area contributed by atoms with Gasteiger partial charge in [0, 0.05) is 11.8 Å². The molecular weight excluding hydrogens is 480 g/mol. The van der Waals surface area contributed by atoms with E-state index in [0.29, 0.717) is 10.6 Å². The Labute approximate surface area is 220 Å². The van der Waals surface area contributed by atoms with Gasteiger partial charge in [-0.15, -0.1) is 0 Å². The summed E-state index contributed by atoms with van der Waals surface area (Å²) in [4.78, 5) is 0.341. The van der Waals surface area contributed by atoms with E-state index in [1.807, 2.05) is 19.9 Å². The van der Waals surface area contributed by atoms with Crippen molar-refractivity contribution in [1.82, 2.24) is 0 Å². The molecule has 4 nitrogen and oxygen atoms in total. The van der Waals surface area contributed by atoms with Crippen molar-refractivity contribution in [1.29, 1.82) is 0 Å². The van der Waals surface area contributed by atoms with Gasteiger partial charge >= 0.3 is 0 Å². The van der Waals surface area contributed by atoms with Crippen molar-refractivity contribution in [3.63, 3.8) is 0 Å². The first-order valence-electron chi connectivity index (χ1n) is 12.4. The van der Waals surface area contributed by atoms with Gasteiger partial charge in [0.05, 0.1) is 12.0 Å². The third kappa shape index (κ3) is 5.28. The van der Waals surface area contributed by atoms with E-state index in [1.54, 1.807) is 19.2 Å². The van der Waals surface area contributed by atoms with Crippen LogP contribution in [0.25, 0.3) is 28.0 Å². The lowest BCUT2D eigenvalue weighted by atomic mass is 9.85. The molecular formula is C32H34O4S. The molecule has 0 amide bonds. The van der Waals surface area contributed by atoms with Crippen LogP contribution in [0.3, 0.4) is 0 Å². The second-order valence-electron chi connectivity index (χ2n) is 9.75. The Morgan fingerprint density at radius 1 is 0.865 bits per heavy atom. The summed E-state index contributed by atoms with van der Waals surface area (Å²) in [7, 11) is -1.55. The normalized spacial score (nSPS) is 12.6. The van der Waals surface area contributed by atoms with Crippen LogP contribution in [0.15, 0.2) is 65.6 Å². The second-order valence-corrected chi connectivity index (χ2v) is 11.8. The van der Waals surface area contributed by atoms with Crippen molar-refractivity contribution in [2.75, 3.05) is 13.4 Å². The number of rotatable bonds is 3. The summed E-state index contributed by atoms with van der Waals surface area (Å²) < 4.78 is 27.7.